The second kappa shape index (κ2) is 5.77. The summed E-state index contributed by atoms with van der Waals surface area (Å²) in [4.78, 5) is 0. The fraction of sp³-hybridized carbons (Fsp3) is 0.667. The summed E-state index contributed by atoms with van der Waals surface area (Å²) in [6.07, 6.45) is 3.90. The monoisotopic (exact) mass is 147 g/mol. The Balaban J connectivity index is 3.16. The second-order valence-electron chi connectivity index (χ2n) is 1.68. The van der Waals surface area contributed by atoms with Gasteiger partial charge in [-0.25, -0.2) is 0 Å². The van der Waals surface area contributed by atoms with Gasteiger partial charge in [0.2, 0.25) is 0 Å². The van der Waals surface area contributed by atoms with Gasteiger partial charge in [0.1, 0.15) is 6.26 Å². The molecule has 0 fully saturated rings. The van der Waals surface area contributed by atoms with Crippen LogP contribution in [0.4, 0.5) is 0 Å². The number of unbranched alkanes of at least 4 members (excludes halogenated alkanes) is 1. The van der Waals surface area contributed by atoms with Crippen molar-refractivity contribution in [2.24, 2.45) is 0 Å². The molecule has 0 aliphatic rings. The number of rotatable bonds is 5. The molecule has 0 saturated carbocycles. The summed E-state index contributed by atoms with van der Waals surface area (Å²) in [5.41, 5.74) is 0. The second-order valence-corrected chi connectivity index (χ2v) is 3.01. The molecule has 0 aromatic rings. The van der Waals surface area contributed by atoms with Crippen molar-refractivity contribution in [3.05, 3.63) is 12.8 Å². The van der Waals surface area contributed by atoms with Crippen LogP contribution in [0.15, 0.2) is 12.8 Å². The molecular weight excluding hydrogens is 135 g/mol. The first kappa shape index (κ1) is 8.64. The highest BCUT2D eigenvalue weighted by Crippen LogP contribution is 2.23. The smallest absolute Gasteiger partial charge is 0.263 e. The quantitative estimate of drug-likeness (QED) is 0.441. The fourth-order valence-corrected chi connectivity index (χ4v) is 1.27. The first-order chi connectivity index (χ1) is 4.31. The zero-order valence-electron chi connectivity index (χ0n) is 5.67. The minimum absolute atomic E-state index is 0.651. The molecule has 0 rings (SSSR count). The first-order valence-electron chi connectivity index (χ1n) is 3.03. The SMILES string of the molecule is C=CO[P+](=O)CCCC. The molecule has 0 aliphatic carbocycles. The molecule has 0 aromatic heterocycles. The Kier molecular flexibility index (Phi) is 5.54. The minimum atomic E-state index is -1.45. The lowest BCUT2D eigenvalue weighted by atomic mass is 10.4. The maximum absolute atomic E-state index is 10.7. The minimum Gasteiger partial charge on any atom is -0.263 e. The van der Waals surface area contributed by atoms with E-state index < -0.39 is 8.03 Å². The van der Waals surface area contributed by atoms with Crippen molar-refractivity contribution < 1.29 is 9.09 Å². The molecule has 1 unspecified atom stereocenters. The summed E-state index contributed by atoms with van der Waals surface area (Å²) < 4.78 is 15.3. The average molecular weight is 147 g/mol. The van der Waals surface area contributed by atoms with Gasteiger partial charge in [-0.2, -0.15) is 0 Å². The molecule has 0 bridgehead atoms. The lowest BCUT2D eigenvalue weighted by Gasteiger charge is -1.81. The maximum atomic E-state index is 10.7. The van der Waals surface area contributed by atoms with E-state index in [-0.39, 0.29) is 0 Å². The van der Waals surface area contributed by atoms with Crippen LogP contribution >= 0.6 is 8.03 Å². The summed E-state index contributed by atoms with van der Waals surface area (Å²) in [6, 6.07) is 0. The summed E-state index contributed by atoms with van der Waals surface area (Å²) >= 11 is 0. The van der Waals surface area contributed by atoms with Gasteiger partial charge in [-0.15, -0.1) is 0 Å². The highest BCUT2D eigenvalue weighted by atomic mass is 31.1. The van der Waals surface area contributed by atoms with Crippen molar-refractivity contribution >= 4 is 8.03 Å². The van der Waals surface area contributed by atoms with Crippen LogP contribution in [0.2, 0.25) is 0 Å². The van der Waals surface area contributed by atoms with Crippen LogP contribution in [0.25, 0.3) is 0 Å². The lowest BCUT2D eigenvalue weighted by molar-refractivity contribution is 0.462. The predicted octanol–water partition coefficient (Wildman–Crippen LogP) is 2.69. The van der Waals surface area contributed by atoms with Crippen molar-refractivity contribution in [1.82, 2.24) is 0 Å². The van der Waals surface area contributed by atoms with Gasteiger partial charge in [-0.05, 0) is 11.0 Å². The summed E-state index contributed by atoms with van der Waals surface area (Å²) in [6.45, 7) is 5.36. The number of hydrogen-bond donors (Lipinski definition) is 0. The topological polar surface area (TPSA) is 26.3 Å². The summed E-state index contributed by atoms with van der Waals surface area (Å²) in [7, 11) is -1.45. The predicted molar refractivity (Wildman–Crippen MR) is 38.7 cm³/mol. The molecular formula is C6H12O2P+. The standard InChI is InChI=1S/C6H12O2P/c1-3-5-6-9(7)8-4-2/h4H,2-3,5-6H2,1H3/q+1. The van der Waals surface area contributed by atoms with Crippen molar-refractivity contribution in [2.45, 2.75) is 19.8 Å². The molecule has 2 nitrogen and oxygen atoms in total. The number of hydrogen-bond acceptors (Lipinski definition) is 2. The fourth-order valence-electron chi connectivity index (χ4n) is 0.423. The van der Waals surface area contributed by atoms with E-state index in [1.807, 2.05) is 0 Å². The van der Waals surface area contributed by atoms with E-state index in [0.717, 1.165) is 12.8 Å². The van der Waals surface area contributed by atoms with Gasteiger partial charge in [0.15, 0.2) is 6.16 Å². The van der Waals surface area contributed by atoms with E-state index >= 15 is 0 Å². The van der Waals surface area contributed by atoms with Gasteiger partial charge in [0.05, 0.1) is 0 Å². The zero-order valence-corrected chi connectivity index (χ0v) is 6.56. The first-order valence-corrected chi connectivity index (χ1v) is 4.40. The molecule has 0 radical (unpaired) electrons. The van der Waals surface area contributed by atoms with Crippen LogP contribution in [-0.4, -0.2) is 6.16 Å². The summed E-state index contributed by atoms with van der Waals surface area (Å²) in [5, 5.41) is 0. The Morgan fingerprint density at radius 3 is 2.89 bits per heavy atom. The van der Waals surface area contributed by atoms with Gasteiger partial charge in [-0.1, -0.05) is 19.9 Å². The maximum Gasteiger partial charge on any atom is 0.555 e. The average Bonchev–Trinajstić information content (AvgIpc) is 1.85. The Bertz CT molecular complexity index is 101. The van der Waals surface area contributed by atoms with Crippen LogP contribution in [0.1, 0.15) is 19.8 Å². The van der Waals surface area contributed by atoms with Crippen LogP contribution < -0.4 is 0 Å². The third kappa shape index (κ3) is 5.51. The molecule has 0 saturated heterocycles. The van der Waals surface area contributed by atoms with Crippen molar-refractivity contribution in [3.63, 3.8) is 0 Å². The van der Waals surface area contributed by atoms with E-state index in [4.69, 9.17) is 0 Å². The van der Waals surface area contributed by atoms with E-state index in [1.54, 1.807) is 0 Å². The lowest BCUT2D eigenvalue weighted by Crippen LogP contribution is -1.76. The normalized spacial score (nSPS) is 10.6. The third-order valence-electron chi connectivity index (χ3n) is 0.886. The Labute approximate surface area is 56.8 Å². The Morgan fingerprint density at radius 1 is 1.78 bits per heavy atom. The van der Waals surface area contributed by atoms with Crippen molar-refractivity contribution in [1.29, 1.82) is 0 Å². The van der Waals surface area contributed by atoms with E-state index in [0.29, 0.717) is 6.16 Å². The van der Waals surface area contributed by atoms with E-state index in [9.17, 15) is 4.57 Å². The summed E-state index contributed by atoms with van der Waals surface area (Å²) in [5.74, 6) is 0. The molecule has 0 spiro atoms. The highest BCUT2D eigenvalue weighted by Gasteiger charge is 2.12. The van der Waals surface area contributed by atoms with Gasteiger partial charge in [0, 0.05) is 0 Å². The van der Waals surface area contributed by atoms with Crippen LogP contribution in [0.5, 0.6) is 0 Å². The molecule has 52 valence electrons. The molecule has 0 aliphatic heterocycles. The third-order valence-corrected chi connectivity index (χ3v) is 1.95. The van der Waals surface area contributed by atoms with E-state index in [1.165, 1.54) is 6.26 Å². The molecule has 0 amide bonds. The van der Waals surface area contributed by atoms with Crippen molar-refractivity contribution in [2.75, 3.05) is 6.16 Å². The molecule has 0 aromatic carbocycles. The zero-order chi connectivity index (χ0) is 7.11. The highest BCUT2D eigenvalue weighted by molar-refractivity contribution is 7.39. The van der Waals surface area contributed by atoms with Gasteiger partial charge in [-0.3, -0.25) is 4.52 Å². The van der Waals surface area contributed by atoms with Crippen LogP contribution in [-0.2, 0) is 9.09 Å². The molecule has 1 atom stereocenters. The van der Waals surface area contributed by atoms with Crippen LogP contribution in [0, 0.1) is 0 Å². The van der Waals surface area contributed by atoms with Gasteiger partial charge < -0.3 is 0 Å². The largest absolute Gasteiger partial charge is 0.555 e. The Hall–Kier alpha value is -0.360. The molecule has 0 heterocycles. The van der Waals surface area contributed by atoms with Gasteiger partial charge >= 0.3 is 8.03 Å². The van der Waals surface area contributed by atoms with Gasteiger partial charge in [0.25, 0.3) is 0 Å². The molecule has 9 heavy (non-hydrogen) atoms. The van der Waals surface area contributed by atoms with E-state index in [2.05, 4.69) is 18.0 Å². The molecule has 0 N–H and O–H groups in total. The Morgan fingerprint density at radius 2 is 2.44 bits per heavy atom. The van der Waals surface area contributed by atoms with Crippen LogP contribution in [0.3, 0.4) is 0 Å². The molecule has 3 heteroatoms. The van der Waals surface area contributed by atoms with Crippen molar-refractivity contribution in [3.8, 4) is 0 Å².